The Morgan fingerprint density at radius 3 is 2.54 bits per heavy atom. The number of aromatic nitrogens is 3. The van der Waals surface area contributed by atoms with Crippen LogP contribution in [0.25, 0.3) is 26.8 Å². The Morgan fingerprint density at radius 1 is 1.04 bits per heavy atom. The average Bonchev–Trinajstić information content (AvgIpc) is 3.13. The van der Waals surface area contributed by atoms with Crippen molar-refractivity contribution >= 4 is 56.8 Å². The fourth-order valence-corrected chi connectivity index (χ4v) is 4.11. The number of benzene rings is 2. The summed E-state index contributed by atoms with van der Waals surface area (Å²) in [6.45, 7) is 0. The molecule has 0 aliphatic heterocycles. The van der Waals surface area contributed by atoms with Crippen LogP contribution in [0.4, 0.5) is 5.69 Å². The van der Waals surface area contributed by atoms with E-state index in [1.54, 1.807) is 28.9 Å². The number of non-ortho nitro benzene ring substituents is 1. The van der Waals surface area contributed by atoms with Gasteiger partial charge in [-0.15, -0.1) is 0 Å². The zero-order chi connectivity index (χ0) is 18.4. The molecule has 0 atom stereocenters. The molecule has 0 unspecified atom stereocenters. The highest BCUT2D eigenvalue weighted by molar-refractivity contribution is 7.19. The van der Waals surface area contributed by atoms with Gasteiger partial charge in [-0.05, 0) is 24.3 Å². The van der Waals surface area contributed by atoms with Crippen molar-refractivity contribution in [2.45, 2.75) is 0 Å². The van der Waals surface area contributed by atoms with Gasteiger partial charge in [0.15, 0.2) is 0 Å². The fourth-order valence-electron chi connectivity index (χ4n) is 2.43. The SMILES string of the molecule is O=[N+]([O-])c1ccc(Cl)c(-c2nn3cc(-c4ccc(Cl)cc4Cl)nc3s2)c1. The quantitative estimate of drug-likeness (QED) is 0.298. The molecule has 130 valence electrons. The molecule has 0 saturated carbocycles. The topological polar surface area (TPSA) is 73.3 Å². The molecule has 6 nitrogen and oxygen atoms in total. The van der Waals surface area contributed by atoms with Crippen LogP contribution in [0.1, 0.15) is 0 Å². The van der Waals surface area contributed by atoms with Gasteiger partial charge in [-0.1, -0.05) is 46.1 Å². The van der Waals surface area contributed by atoms with Crippen LogP contribution in [0, 0.1) is 10.1 Å². The van der Waals surface area contributed by atoms with Crippen molar-refractivity contribution in [1.29, 1.82) is 0 Å². The van der Waals surface area contributed by atoms with Gasteiger partial charge in [0.25, 0.3) is 5.69 Å². The largest absolute Gasteiger partial charge is 0.270 e. The van der Waals surface area contributed by atoms with Crippen LogP contribution in [0.5, 0.6) is 0 Å². The Labute approximate surface area is 165 Å². The molecular weight excluding hydrogens is 419 g/mol. The van der Waals surface area contributed by atoms with E-state index in [-0.39, 0.29) is 5.69 Å². The predicted molar refractivity (Wildman–Crippen MR) is 103 cm³/mol. The number of fused-ring (bicyclic) bond motifs is 1. The van der Waals surface area contributed by atoms with Crippen molar-refractivity contribution in [3.05, 3.63) is 67.8 Å². The van der Waals surface area contributed by atoms with E-state index < -0.39 is 4.92 Å². The van der Waals surface area contributed by atoms with E-state index in [1.165, 1.54) is 29.5 Å². The first-order valence-corrected chi connectivity index (χ1v) is 9.13. The van der Waals surface area contributed by atoms with E-state index >= 15 is 0 Å². The Bertz CT molecular complexity index is 1140. The van der Waals surface area contributed by atoms with Crippen molar-refractivity contribution in [3.8, 4) is 21.8 Å². The number of hydrogen-bond acceptors (Lipinski definition) is 5. The van der Waals surface area contributed by atoms with E-state index in [4.69, 9.17) is 34.8 Å². The molecular formula is C16H7Cl3N4O2S. The number of nitro groups is 1. The van der Waals surface area contributed by atoms with Crippen LogP contribution in [-0.4, -0.2) is 19.5 Å². The maximum absolute atomic E-state index is 11.0. The highest BCUT2D eigenvalue weighted by atomic mass is 35.5. The van der Waals surface area contributed by atoms with Gasteiger partial charge in [-0.2, -0.15) is 5.10 Å². The number of imidazole rings is 1. The number of nitro benzene ring substituents is 1. The van der Waals surface area contributed by atoms with Crippen molar-refractivity contribution < 1.29 is 4.92 Å². The van der Waals surface area contributed by atoms with Gasteiger partial charge in [0.1, 0.15) is 5.01 Å². The molecule has 4 aromatic rings. The fraction of sp³-hybridized carbons (Fsp3) is 0. The molecule has 2 aromatic carbocycles. The Hall–Kier alpha value is -2.19. The minimum Gasteiger partial charge on any atom is -0.258 e. The molecule has 26 heavy (non-hydrogen) atoms. The monoisotopic (exact) mass is 424 g/mol. The number of hydrogen-bond donors (Lipinski definition) is 0. The summed E-state index contributed by atoms with van der Waals surface area (Å²) in [6, 6.07) is 9.40. The Balaban J connectivity index is 1.78. The molecule has 10 heteroatoms. The summed E-state index contributed by atoms with van der Waals surface area (Å²) in [5.41, 5.74) is 1.83. The molecule has 0 fully saturated rings. The lowest BCUT2D eigenvalue weighted by molar-refractivity contribution is -0.384. The van der Waals surface area contributed by atoms with Crippen molar-refractivity contribution in [2.24, 2.45) is 0 Å². The molecule has 2 heterocycles. The smallest absolute Gasteiger partial charge is 0.258 e. The molecule has 0 aliphatic carbocycles. The molecule has 0 radical (unpaired) electrons. The highest BCUT2D eigenvalue weighted by Gasteiger charge is 2.17. The summed E-state index contributed by atoms with van der Waals surface area (Å²) in [5, 5.41) is 17.4. The summed E-state index contributed by atoms with van der Waals surface area (Å²) in [6.07, 6.45) is 1.73. The molecule has 0 aliphatic rings. The third-order valence-corrected chi connectivity index (χ3v) is 5.47. The lowest BCUT2D eigenvalue weighted by Crippen LogP contribution is -1.89. The number of halogens is 3. The summed E-state index contributed by atoms with van der Waals surface area (Å²) >= 11 is 19.6. The second kappa shape index (κ2) is 6.51. The van der Waals surface area contributed by atoms with Gasteiger partial charge in [0, 0.05) is 28.3 Å². The van der Waals surface area contributed by atoms with Crippen LogP contribution in [0.3, 0.4) is 0 Å². The summed E-state index contributed by atoms with van der Waals surface area (Å²) in [7, 11) is 0. The van der Waals surface area contributed by atoms with Gasteiger partial charge in [-0.3, -0.25) is 10.1 Å². The van der Waals surface area contributed by atoms with E-state index in [0.717, 1.165) is 5.56 Å². The van der Waals surface area contributed by atoms with Crippen LogP contribution < -0.4 is 0 Å². The van der Waals surface area contributed by atoms with Crippen molar-refractivity contribution in [1.82, 2.24) is 14.6 Å². The Kier molecular flexibility index (Phi) is 4.32. The van der Waals surface area contributed by atoms with Gasteiger partial charge in [-0.25, -0.2) is 9.50 Å². The van der Waals surface area contributed by atoms with Gasteiger partial charge in [0.05, 0.1) is 26.9 Å². The summed E-state index contributed by atoms with van der Waals surface area (Å²) in [4.78, 5) is 15.6. The minimum absolute atomic E-state index is 0.0501. The molecule has 2 aromatic heterocycles. The van der Waals surface area contributed by atoms with Gasteiger partial charge >= 0.3 is 0 Å². The van der Waals surface area contributed by atoms with Crippen molar-refractivity contribution in [2.75, 3.05) is 0 Å². The maximum atomic E-state index is 11.0. The summed E-state index contributed by atoms with van der Waals surface area (Å²) in [5.74, 6) is 0. The first-order chi connectivity index (χ1) is 12.4. The minimum atomic E-state index is -0.473. The third kappa shape index (κ3) is 3.03. The average molecular weight is 426 g/mol. The van der Waals surface area contributed by atoms with E-state index in [2.05, 4.69) is 10.1 Å². The zero-order valence-corrected chi connectivity index (χ0v) is 15.8. The van der Waals surface area contributed by atoms with Gasteiger partial charge < -0.3 is 0 Å². The predicted octanol–water partition coefficient (Wildman–Crippen LogP) is 5.99. The second-order valence-corrected chi connectivity index (χ2v) is 7.51. The number of nitrogens with zero attached hydrogens (tertiary/aromatic N) is 4. The van der Waals surface area contributed by atoms with Crippen LogP contribution in [-0.2, 0) is 0 Å². The van der Waals surface area contributed by atoms with Gasteiger partial charge in [0.2, 0.25) is 4.96 Å². The lowest BCUT2D eigenvalue weighted by atomic mass is 10.2. The highest BCUT2D eigenvalue weighted by Crippen LogP contribution is 2.36. The van der Waals surface area contributed by atoms with Crippen LogP contribution in [0.2, 0.25) is 15.1 Å². The van der Waals surface area contributed by atoms with Crippen molar-refractivity contribution in [3.63, 3.8) is 0 Å². The third-order valence-electron chi connectivity index (χ3n) is 3.64. The van der Waals surface area contributed by atoms with Crippen LogP contribution in [0.15, 0.2) is 42.6 Å². The standard InChI is InChI=1S/C16H7Cl3N4O2S/c17-8-1-3-10(13(19)5-8)14-7-22-16(20-14)26-15(21-22)11-6-9(23(24)25)2-4-12(11)18/h1-7H. The Morgan fingerprint density at radius 2 is 1.85 bits per heavy atom. The first kappa shape index (κ1) is 17.2. The molecule has 0 saturated heterocycles. The molecule has 0 spiro atoms. The maximum Gasteiger partial charge on any atom is 0.270 e. The lowest BCUT2D eigenvalue weighted by Gasteiger charge is -2.01. The molecule has 0 bridgehead atoms. The molecule has 4 rings (SSSR count). The van der Waals surface area contributed by atoms with Crippen LogP contribution >= 0.6 is 46.1 Å². The summed E-state index contributed by atoms with van der Waals surface area (Å²) < 4.78 is 1.59. The normalized spacial score (nSPS) is 11.2. The van der Waals surface area contributed by atoms with E-state index in [9.17, 15) is 10.1 Å². The van der Waals surface area contributed by atoms with E-state index in [0.29, 0.717) is 36.3 Å². The van der Waals surface area contributed by atoms with E-state index in [1.807, 2.05) is 0 Å². The molecule has 0 amide bonds. The first-order valence-electron chi connectivity index (χ1n) is 7.18. The number of rotatable bonds is 3. The molecule has 0 N–H and O–H groups in total. The zero-order valence-electron chi connectivity index (χ0n) is 12.7. The second-order valence-electron chi connectivity index (χ2n) is 5.31.